The number of benzene rings is 1. The zero-order chi connectivity index (χ0) is 26.0. The summed E-state index contributed by atoms with van der Waals surface area (Å²) in [6.07, 6.45) is 2.65. The molecule has 1 heterocycles. The Kier molecular flexibility index (Phi) is 10.5. The molecule has 35 heavy (non-hydrogen) atoms. The summed E-state index contributed by atoms with van der Waals surface area (Å²) in [5, 5.41) is 13.1. The van der Waals surface area contributed by atoms with Gasteiger partial charge in [-0.2, -0.15) is 13.2 Å². The monoisotopic (exact) mass is 499 g/mol. The van der Waals surface area contributed by atoms with Crippen molar-refractivity contribution in [2.24, 2.45) is 5.92 Å². The second-order valence-corrected chi connectivity index (χ2v) is 8.69. The van der Waals surface area contributed by atoms with Crippen LogP contribution in [0.5, 0.6) is 0 Å². The first-order chi connectivity index (χ1) is 16.5. The molecule has 1 saturated carbocycles. The van der Waals surface area contributed by atoms with E-state index in [9.17, 15) is 27.6 Å². The number of likely N-dealkylation sites (tertiary alicyclic amines) is 1. The molecule has 2 fully saturated rings. The number of carbonyl (C=O) groups excluding carboxylic acids is 3. The van der Waals surface area contributed by atoms with Gasteiger partial charge in [0.2, 0.25) is 11.8 Å². The summed E-state index contributed by atoms with van der Waals surface area (Å²) in [5.41, 5.74) is 1.31. The molecule has 3 rings (SSSR count). The van der Waals surface area contributed by atoms with Crippen molar-refractivity contribution in [2.45, 2.75) is 70.5 Å². The van der Waals surface area contributed by atoms with E-state index in [1.54, 1.807) is 31.2 Å². The van der Waals surface area contributed by atoms with Gasteiger partial charge in [-0.3, -0.25) is 14.4 Å². The third kappa shape index (κ3) is 9.22. The zero-order valence-corrected chi connectivity index (χ0v) is 19.7. The predicted octanol–water partition coefficient (Wildman–Crippen LogP) is 3.97. The van der Waals surface area contributed by atoms with Crippen LogP contribution in [0.15, 0.2) is 24.3 Å². The van der Waals surface area contributed by atoms with Gasteiger partial charge in [0, 0.05) is 42.7 Å². The van der Waals surface area contributed by atoms with E-state index < -0.39 is 12.1 Å². The molecule has 1 aromatic rings. The highest BCUT2D eigenvalue weighted by Gasteiger charge is 2.38. The van der Waals surface area contributed by atoms with Crippen molar-refractivity contribution < 1.29 is 37.5 Å². The third-order valence-electron chi connectivity index (χ3n) is 6.08. The highest BCUT2D eigenvalue weighted by Crippen LogP contribution is 2.22. The standard InChI is InChI=1S/C22H31N3O3.C2HF3O2/c1-2-20(26)23-19-10-8-17(9-11-19)22(28)25-14-12-16(13-15-25)21(27)24-18-6-4-3-5-7-18;3-2(4,5)1(6)7/h8-11,16,18H,2-7,12-15H2,1H3,(H,23,26)(H,24,27);(H,6,7). The Labute approximate surface area is 202 Å². The molecule has 0 atom stereocenters. The molecule has 2 aliphatic rings. The number of carboxylic acid groups (broad SMARTS) is 1. The Bertz CT molecular complexity index is 875. The van der Waals surface area contributed by atoms with Crippen LogP contribution in [0.4, 0.5) is 18.9 Å². The van der Waals surface area contributed by atoms with Crippen LogP contribution in [0.2, 0.25) is 0 Å². The van der Waals surface area contributed by atoms with Crippen LogP contribution in [-0.2, 0) is 14.4 Å². The zero-order valence-electron chi connectivity index (χ0n) is 19.7. The van der Waals surface area contributed by atoms with Gasteiger partial charge < -0.3 is 20.6 Å². The van der Waals surface area contributed by atoms with Gasteiger partial charge in [-0.15, -0.1) is 0 Å². The van der Waals surface area contributed by atoms with Crippen LogP contribution in [0.3, 0.4) is 0 Å². The van der Waals surface area contributed by atoms with Crippen molar-refractivity contribution in [2.75, 3.05) is 18.4 Å². The number of carboxylic acids is 1. The average molecular weight is 500 g/mol. The van der Waals surface area contributed by atoms with Gasteiger partial charge in [0.05, 0.1) is 0 Å². The van der Waals surface area contributed by atoms with E-state index in [-0.39, 0.29) is 23.6 Å². The molecule has 3 N–H and O–H groups in total. The maximum Gasteiger partial charge on any atom is 0.490 e. The third-order valence-corrected chi connectivity index (χ3v) is 6.08. The smallest absolute Gasteiger partial charge is 0.475 e. The number of rotatable bonds is 5. The lowest BCUT2D eigenvalue weighted by molar-refractivity contribution is -0.192. The van der Waals surface area contributed by atoms with E-state index >= 15 is 0 Å². The van der Waals surface area contributed by atoms with Crippen molar-refractivity contribution >= 4 is 29.4 Å². The lowest BCUT2D eigenvalue weighted by atomic mass is 9.92. The molecule has 3 amide bonds. The van der Waals surface area contributed by atoms with Gasteiger partial charge in [-0.1, -0.05) is 26.2 Å². The van der Waals surface area contributed by atoms with Crippen LogP contribution in [0.1, 0.15) is 68.6 Å². The molecule has 0 unspecified atom stereocenters. The van der Waals surface area contributed by atoms with E-state index in [0.717, 1.165) is 25.7 Å². The van der Waals surface area contributed by atoms with Crippen molar-refractivity contribution in [3.63, 3.8) is 0 Å². The van der Waals surface area contributed by atoms with Gasteiger partial charge in [0.15, 0.2) is 0 Å². The number of nitrogens with zero attached hydrogens (tertiary/aromatic N) is 1. The van der Waals surface area contributed by atoms with Gasteiger partial charge >= 0.3 is 12.1 Å². The van der Waals surface area contributed by atoms with Crippen LogP contribution < -0.4 is 10.6 Å². The average Bonchev–Trinajstić information content (AvgIpc) is 2.84. The maximum absolute atomic E-state index is 12.7. The summed E-state index contributed by atoms with van der Waals surface area (Å²) < 4.78 is 31.7. The highest BCUT2D eigenvalue weighted by molar-refractivity contribution is 5.96. The van der Waals surface area contributed by atoms with Gasteiger partial charge in [0.25, 0.3) is 5.91 Å². The lowest BCUT2D eigenvalue weighted by Crippen LogP contribution is -2.45. The topological polar surface area (TPSA) is 116 Å². The van der Waals surface area contributed by atoms with Crippen molar-refractivity contribution in [3.8, 4) is 0 Å². The predicted molar refractivity (Wildman–Crippen MR) is 123 cm³/mol. The Hall–Kier alpha value is -3.11. The number of piperidine rings is 1. The summed E-state index contributed by atoms with van der Waals surface area (Å²) in [7, 11) is 0. The minimum atomic E-state index is -5.08. The molecule has 1 aliphatic heterocycles. The van der Waals surface area contributed by atoms with E-state index in [1.165, 1.54) is 19.3 Å². The quantitative estimate of drug-likeness (QED) is 0.567. The van der Waals surface area contributed by atoms with Crippen LogP contribution >= 0.6 is 0 Å². The number of carbonyl (C=O) groups is 4. The fourth-order valence-corrected chi connectivity index (χ4v) is 4.04. The van der Waals surface area contributed by atoms with E-state index in [4.69, 9.17) is 9.90 Å². The minimum absolute atomic E-state index is 0.0117. The molecule has 8 nitrogen and oxygen atoms in total. The number of amides is 3. The number of nitrogens with one attached hydrogen (secondary N) is 2. The Balaban J connectivity index is 0.000000540. The number of hydrogen-bond donors (Lipinski definition) is 3. The fourth-order valence-electron chi connectivity index (χ4n) is 4.04. The Morgan fingerprint density at radius 1 is 0.971 bits per heavy atom. The SMILES string of the molecule is CCC(=O)Nc1ccc(C(=O)N2CCC(C(=O)NC3CCCCC3)CC2)cc1.O=C(O)C(F)(F)F. The maximum atomic E-state index is 12.7. The number of alkyl halides is 3. The summed E-state index contributed by atoms with van der Waals surface area (Å²) in [6.45, 7) is 3.01. The fraction of sp³-hybridized carbons (Fsp3) is 0.583. The van der Waals surface area contributed by atoms with Crippen LogP contribution in [-0.4, -0.2) is 59.0 Å². The molecule has 194 valence electrons. The number of halogens is 3. The Morgan fingerprint density at radius 3 is 2.00 bits per heavy atom. The summed E-state index contributed by atoms with van der Waals surface area (Å²) in [5.74, 6) is -2.65. The molecule has 11 heteroatoms. The molecule has 1 aliphatic carbocycles. The molecular formula is C24H32F3N3O5. The van der Waals surface area contributed by atoms with E-state index in [1.807, 2.05) is 4.90 Å². The number of hydrogen-bond acceptors (Lipinski definition) is 4. The first-order valence-electron chi connectivity index (χ1n) is 11.8. The summed E-state index contributed by atoms with van der Waals surface area (Å²) >= 11 is 0. The largest absolute Gasteiger partial charge is 0.490 e. The van der Waals surface area contributed by atoms with Gasteiger partial charge in [0.1, 0.15) is 0 Å². The van der Waals surface area contributed by atoms with E-state index in [0.29, 0.717) is 36.8 Å². The molecule has 0 bridgehead atoms. The highest BCUT2D eigenvalue weighted by atomic mass is 19.4. The summed E-state index contributed by atoms with van der Waals surface area (Å²) in [6, 6.07) is 7.34. The number of anilines is 1. The van der Waals surface area contributed by atoms with Crippen LogP contribution in [0.25, 0.3) is 0 Å². The summed E-state index contributed by atoms with van der Waals surface area (Å²) in [4.78, 5) is 47.4. The molecule has 1 saturated heterocycles. The molecule has 0 spiro atoms. The van der Waals surface area contributed by atoms with E-state index in [2.05, 4.69) is 10.6 Å². The molecule has 0 radical (unpaired) electrons. The second kappa shape index (κ2) is 13.1. The first kappa shape index (κ1) is 28.1. The first-order valence-corrected chi connectivity index (χ1v) is 11.8. The Morgan fingerprint density at radius 2 is 1.51 bits per heavy atom. The normalized spacial score (nSPS) is 17.1. The molecular weight excluding hydrogens is 467 g/mol. The van der Waals surface area contributed by atoms with Gasteiger partial charge in [-0.25, -0.2) is 4.79 Å². The molecule has 1 aromatic carbocycles. The number of aliphatic carboxylic acids is 1. The molecule has 0 aromatic heterocycles. The minimum Gasteiger partial charge on any atom is -0.475 e. The second-order valence-electron chi connectivity index (χ2n) is 8.69. The van der Waals surface area contributed by atoms with Crippen molar-refractivity contribution in [1.29, 1.82) is 0 Å². The lowest BCUT2D eigenvalue weighted by Gasteiger charge is -2.33. The van der Waals surface area contributed by atoms with Crippen LogP contribution in [0, 0.1) is 5.92 Å². The van der Waals surface area contributed by atoms with Crippen molar-refractivity contribution in [3.05, 3.63) is 29.8 Å². The van der Waals surface area contributed by atoms with Crippen molar-refractivity contribution in [1.82, 2.24) is 10.2 Å². The van der Waals surface area contributed by atoms with Gasteiger partial charge in [-0.05, 0) is 49.9 Å².